The molecule has 1 saturated carbocycles. The summed E-state index contributed by atoms with van der Waals surface area (Å²) in [6.45, 7) is 8.72. The lowest BCUT2D eigenvalue weighted by molar-refractivity contribution is -0.0973. The standard InChI is InChI=1S/C25H39F2N5O2/c1-18(2)30-13-15-31(16-14-30)22-5-4-10-25(26,27)23(22)29-24(33)32-11-8-19(9-12-32)21-7-6-20(34-3)17-28-21/h6-7,17-19,22-23H,4-5,8-16H2,1-3H3,(H,29,33)/t22-,23+/m0/s1. The van der Waals surface area contributed by atoms with E-state index in [2.05, 4.69) is 33.9 Å². The first kappa shape index (κ1) is 25.1. The SMILES string of the molecule is COc1ccc(C2CCN(C(=O)N[C@@H]3[C@@H](N4CCN(C(C)C)CC4)CCCC3(F)F)CC2)nc1. The Labute approximate surface area is 201 Å². The predicted octanol–water partition coefficient (Wildman–Crippen LogP) is 3.56. The third-order valence-corrected chi connectivity index (χ3v) is 7.87. The molecule has 2 aliphatic heterocycles. The van der Waals surface area contributed by atoms with Crippen LogP contribution in [0.3, 0.4) is 0 Å². The molecule has 1 aromatic heterocycles. The van der Waals surface area contributed by atoms with Crippen LogP contribution >= 0.6 is 0 Å². The number of hydrogen-bond donors (Lipinski definition) is 1. The second-order valence-electron chi connectivity index (χ2n) is 10.2. The van der Waals surface area contributed by atoms with Gasteiger partial charge in [0, 0.05) is 69.4 Å². The first-order valence-electron chi connectivity index (χ1n) is 12.7. The van der Waals surface area contributed by atoms with Crippen LogP contribution < -0.4 is 10.1 Å². The number of nitrogens with zero attached hydrogens (tertiary/aromatic N) is 4. The number of piperidine rings is 1. The van der Waals surface area contributed by atoms with Crippen molar-refractivity contribution >= 4 is 6.03 Å². The maximum atomic E-state index is 15.1. The first-order valence-corrected chi connectivity index (χ1v) is 12.7. The van der Waals surface area contributed by atoms with Gasteiger partial charge in [0.1, 0.15) is 11.8 Å². The van der Waals surface area contributed by atoms with Crippen molar-refractivity contribution in [3.63, 3.8) is 0 Å². The van der Waals surface area contributed by atoms with Gasteiger partial charge in [-0.1, -0.05) is 0 Å². The first-order chi connectivity index (χ1) is 16.3. The smallest absolute Gasteiger partial charge is 0.317 e. The third-order valence-electron chi connectivity index (χ3n) is 7.87. The topological polar surface area (TPSA) is 60.9 Å². The van der Waals surface area contributed by atoms with Crippen LogP contribution in [-0.2, 0) is 0 Å². The molecule has 7 nitrogen and oxygen atoms in total. The second kappa shape index (κ2) is 10.7. The number of carbonyl (C=O) groups excluding carboxylic acids is 1. The minimum absolute atomic E-state index is 0.161. The monoisotopic (exact) mass is 479 g/mol. The quantitative estimate of drug-likeness (QED) is 0.700. The number of nitrogens with one attached hydrogen (secondary N) is 1. The molecule has 0 aromatic carbocycles. The zero-order valence-corrected chi connectivity index (χ0v) is 20.7. The van der Waals surface area contributed by atoms with Gasteiger partial charge in [-0.3, -0.25) is 14.8 Å². The Hall–Kier alpha value is -2.00. The Morgan fingerprint density at radius 3 is 2.41 bits per heavy atom. The van der Waals surface area contributed by atoms with Gasteiger partial charge in [0.05, 0.1) is 13.3 Å². The summed E-state index contributed by atoms with van der Waals surface area (Å²) >= 11 is 0. The van der Waals surface area contributed by atoms with Crippen molar-refractivity contribution in [2.75, 3.05) is 46.4 Å². The molecule has 0 bridgehead atoms. The molecule has 2 amide bonds. The van der Waals surface area contributed by atoms with Crippen molar-refractivity contribution in [3.05, 3.63) is 24.0 Å². The van der Waals surface area contributed by atoms with Gasteiger partial charge in [0.2, 0.25) is 0 Å². The van der Waals surface area contributed by atoms with Crippen molar-refractivity contribution in [2.45, 2.75) is 75.9 Å². The van der Waals surface area contributed by atoms with Crippen LogP contribution in [0.15, 0.2) is 18.3 Å². The molecule has 3 aliphatic rings. The average molecular weight is 480 g/mol. The molecule has 0 radical (unpaired) electrons. The van der Waals surface area contributed by atoms with E-state index >= 15 is 8.78 Å². The Bertz CT molecular complexity index is 806. The Morgan fingerprint density at radius 2 is 1.82 bits per heavy atom. The lowest BCUT2D eigenvalue weighted by Crippen LogP contribution is -2.66. The maximum Gasteiger partial charge on any atom is 0.317 e. The van der Waals surface area contributed by atoms with Crippen LogP contribution in [0.4, 0.5) is 13.6 Å². The largest absolute Gasteiger partial charge is 0.495 e. The van der Waals surface area contributed by atoms with Crippen LogP contribution in [0.25, 0.3) is 0 Å². The molecule has 1 N–H and O–H groups in total. The zero-order chi connectivity index (χ0) is 24.3. The van der Waals surface area contributed by atoms with Crippen LogP contribution in [0.5, 0.6) is 5.75 Å². The number of halogens is 2. The van der Waals surface area contributed by atoms with Gasteiger partial charge in [-0.2, -0.15) is 0 Å². The number of carbonyl (C=O) groups is 1. The molecule has 4 rings (SSSR count). The molecule has 1 aliphatic carbocycles. The van der Waals surface area contributed by atoms with Gasteiger partial charge in [-0.25, -0.2) is 13.6 Å². The minimum Gasteiger partial charge on any atom is -0.495 e. The van der Waals surface area contributed by atoms with Crippen molar-refractivity contribution in [1.82, 2.24) is 25.0 Å². The highest BCUT2D eigenvalue weighted by Gasteiger charge is 2.50. The van der Waals surface area contributed by atoms with Gasteiger partial charge in [0.25, 0.3) is 5.92 Å². The van der Waals surface area contributed by atoms with Crippen LogP contribution in [-0.4, -0.2) is 96.1 Å². The number of pyridine rings is 1. The normalized spacial score (nSPS) is 27.1. The third kappa shape index (κ3) is 5.62. The molecule has 3 fully saturated rings. The molecule has 2 atom stereocenters. The molecular formula is C25H39F2N5O2. The zero-order valence-electron chi connectivity index (χ0n) is 20.7. The van der Waals surface area contributed by atoms with Gasteiger partial charge in [-0.05, 0) is 51.7 Å². The average Bonchev–Trinajstić information content (AvgIpc) is 2.85. The summed E-state index contributed by atoms with van der Waals surface area (Å²) in [5, 5.41) is 2.78. The molecular weight excluding hydrogens is 440 g/mol. The molecule has 34 heavy (non-hydrogen) atoms. The summed E-state index contributed by atoms with van der Waals surface area (Å²) in [5.41, 5.74) is 0.986. The number of hydrogen-bond acceptors (Lipinski definition) is 5. The molecule has 190 valence electrons. The summed E-state index contributed by atoms with van der Waals surface area (Å²) in [7, 11) is 1.61. The summed E-state index contributed by atoms with van der Waals surface area (Å²) < 4.78 is 35.3. The number of rotatable bonds is 5. The van der Waals surface area contributed by atoms with E-state index in [1.807, 2.05) is 12.1 Å². The summed E-state index contributed by atoms with van der Waals surface area (Å²) in [6.07, 6.45) is 4.29. The Morgan fingerprint density at radius 1 is 1.12 bits per heavy atom. The van der Waals surface area contributed by atoms with Crippen molar-refractivity contribution in [3.8, 4) is 5.75 Å². The number of piperazine rings is 1. The maximum absolute atomic E-state index is 15.1. The van der Waals surface area contributed by atoms with Gasteiger partial charge >= 0.3 is 6.03 Å². The number of aromatic nitrogens is 1. The van der Waals surface area contributed by atoms with E-state index in [0.717, 1.165) is 44.7 Å². The molecule has 9 heteroatoms. The van der Waals surface area contributed by atoms with Crippen LogP contribution in [0.2, 0.25) is 0 Å². The Kier molecular flexibility index (Phi) is 7.92. The fourth-order valence-corrected chi connectivity index (χ4v) is 5.69. The van der Waals surface area contributed by atoms with Gasteiger partial charge < -0.3 is 15.0 Å². The fraction of sp³-hybridized carbons (Fsp3) is 0.760. The van der Waals surface area contributed by atoms with E-state index in [1.54, 1.807) is 18.2 Å². The number of likely N-dealkylation sites (tertiary alicyclic amines) is 1. The van der Waals surface area contributed by atoms with E-state index < -0.39 is 12.0 Å². The van der Waals surface area contributed by atoms with E-state index in [1.165, 1.54) is 0 Å². The highest BCUT2D eigenvalue weighted by molar-refractivity contribution is 5.75. The molecule has 3 heterocycles. The highest BCUT2D eigenvalue weighted by Crippen LogP contribution is 2.37. The molecule has 1 aromatic rings. The number of ether oxygens (including phenoxy) is 1. The van der Waals surface area contributed by atoms with Crippen LogP contribution in [0, 0.1) is 0 Å². The van der Waals surface area contributed by atoms with Crippen molar-refractivity contribution < 1.29 is 18.3 Å². The molecule has 0 spiro atoms. The van der Waals surface area contributed by atoms with E-state index in [0.29, 0.717) is 37.7 Å². The number of urea groups is 1. The summed E-state index contributed by atoms with van der Waals surface area (Å²) in [5.74, 6) is -1.91. The second-order valence-corrected chi connectivity index (χ2v) is 10.2. The summed E-state index contributed by atoms with van der Waals surface area (Å²) in [6, 6.07) is 2.50. The summed E-state index contributed by atoms with van der Waals surface area (Å²) in [4.78, 5) is 23.8. The highest BCUT2D eigenvalue weighted by atomic mass is 19.3. The van der Waals surface area contributed by atoms with Crippen molar-refractivity contribution in [2.24, 2.45) is 0 Å². The predicted molar refractivity (Wildman–Crippen MR) is 128 cm³/mol. The lowest BCUT2D eigenvalue weighted by atomic mass is 9.85. The molecule has 0 unspecified atom stereocenters. The van der Waals surface area contributed by atoms with Crippen LogP contribution in [0.1, 0.15) is 57.6 Å². The van der Waals surface area contributed by atoms with Crippen molar-refractivity contribution in [1.29, 1.82) is 0 Å². The molecule has 2 saturated heterocycles. The minimum atomic E-state index is -2.89. The van der Waals surface area contributed by atoms with Gasteiger partial charge in [0.15, 0.2) is 0 Å². The van der Waals surface area contributed by atoms with E-state index in [-0.39, 0.29) is 24.4 Å². The Balaban J connectivity index is 1.35. The lowest BCUT2D eigenvalue weighted by Gasteiger charge is -2.47. The number of alkyl halides is 2. The fourth-order valence-electron chi connectivity index (χ4n) is 5.69. The van der Waals surface area contributed by atoms with Gasteiger partial charge in [-0.15, -0.1) is 0 Å². The number of amides is 2. The van der Waals surface area contributed by atoms with E-state index in [9.17, 15) is 4.79 Å². The number of methoxy groups -OCH3 is 1. The van der Waals surface area contributed by atoms with E-state index in [4.69, 9.17) is 4.74 Å².